The van der Waals surface area contributed by atoms with Gasteiger partial charge in [0, 0.05) is 16.8 Å². The minimum absolute atomic E-state index is 0.506. The number of halogens is 1. The van der Waals surface area contributed by atoms with Gasteiger partial charge in [0.1, 0.15) is 5.75 Å². The molecule has 2 nitrogen and oxygen atoms in total. The molecule has 1 rings (SSSR count). The highest BCUT2D eigenvalue weighted by molar-refractivity contribution is 7.99. The quantitative estimate of drug-likeness (QED) is 0.635. The lowest BCUT2D eigenvalue weighted by Gasteiger charge is -2.08. The highest BCUT2D eigenvalue weighted by atomic mass is 35.5. The predicted octanol–water partition coefficient (Wildman–Crippen LogP) is 3.40. The van der Waals surface area contributed by atoms with Gasteiger partial charge < -0.3 is 10.1 Å². The van der Waals surface area contributed by atoms with Gasteiger partial charge in [-0.3, -0.25) is 0 Å². The van der Waals surface area contributed by atoms with E-state index in [0.717, 1.165) is 16.5 Å². The first kappa shape index (κ1) is 12.7. The Morgan fingerprint density at radius 3 is 2.73 bits per heavy atom. The van der Waals surface area contributed by atoms with Crippen LogP contribution in [0.2, 0.25) is 5.02 Å². The Morgan fingerprint density at radius 2 is 2.20 bits per heavy atom. The van der Waals surface area contributed by atoms with Gasteiger partial charge in [-0.25, -0.2) is 0 Å². The van der Waals surface area contributed by atoms with Crippen molar-refractivity contribution >= 4 is 23.4 Å². The molecule has 1 aromatic rings. The first-order valence-corrected chi connectivity index (χ1v) is 6.19. The molecule has 0 fully saturated rings. The van der Waals surface area contributed by atoms with Gasteiger partial charge in [-0.1, -0.05) is 25.4 Å². The van der Waals surface area contributed by atoms with E-state index in [1.54, 1.807) is 18.9 Å². The van der Waals surface area contributed by atoms with E-state index in [9.17, 15) is 0 Å². The Bertz CT molecular complexity index is 317. The average molecular weight is 246 g/mol. The summed E-state index contributed by atoms with van der Waals surface area (Å²) >= 11 is 7.74. The number of methoxy groups -OCH3 is 1. The molecule has 0 heterocycles. The Morgan fingerprint density at radius 1 is 1.47 bits per heavy atom. The van der Waals surface area contributed by atoms with Gasteiger partial charge in [-0.2, -0.15) is 0 Å². The largest absolute Gasteiger partial charge is 0.495 e. The Labute approximate surface area is 100 Å². The molecular formula is C11H16ClNOS. The van der Waals surface area contributed by atoms with Crippen LogP contribution in [0.3, 0.4) is 0 Å². The van der Waals surface area contributed by atoms with Crippen LogP contribution in [0.5, 0.6) is 5.75 Å². The van der Waals surface area contributed by atoms with Crippen molar-refractivity contribution < 1.29 is 4.74 Å². The second kappa shape index (κ2) is 6.26. The van der Waals surface area contributed by atoms with E-state index in [-0.39, 0.29) is 0 Å². The molecule has 0 radical (unpaired) electrons. The third-order valence-electron chi connectivity index (χ3n) is 1.85. The molecule has 0 spiro atoms. The van der Waals surface area contributed by atoms with Crippen molar-refractivity contribution in [2.45, 2.75) is 24.8 Å². The molecular weight excluding hydrogens is 230 g/mol. The van der Waals surface area contributed by atoms with Crippen molar-refractivity contribution in [3.05, 3.63) is 23.2 Å². The standard InChI is InChI=1S/C11H16ClNOS/c1-8(2)13-7-15-9-4-5-11(14-3)10(12)6-9/h4-6,8,13H,7H2,1-3H3. The number of hydrogen-bond donors (Lipinski definition) is 1. The van der Waals surface area contributed by atoms with Gasteiger partial charge in [-0.15, -0.1) is 11.8 Å². The van der Waals surface area contributed by atoms with Gasteiger partial charge in [-0.05, 0) is 18.2 Å². The molecule has 0 saturated heterocycles. The number of rotatable bonds is 5. The van der Waals surface area contributed by atoms with Crippen LogP contribution in [0.1, 0.15) is 13.8 Å². The zero-order valence-electron chi connectivity index (χ0n) is 9.21. The molecule has 0 aliphatic heterocycles. The van der Waals surface area contributed by atoms with E-state index in [0.29, 0.717) is 11.1 Å². The van der Waals surface area contributed by atoms with E-state index in [2.05, 4.69) is 19.2 Å². The minimum Gasteiger partial charge on any atom is -0.495 e. The summed E-state index contributed by atoms with van der Waals surface area (Å²) in [6.45, 7) is 4.25. The first-order chi connectivity index (χ1) is 7.13. The van der Waals surface area contributed by atoms with Gasteiger partial charge >= 0.3 is 0 Å². The van der Waals surface area contributed by atoms with E-state index in [1.165, 1.54) is 0 Å². The molecule has 0 atom stereocenters. The van der Waals surface area contributed by atoms with E-state index in [1.807, 2.05) is 18.2 Å². The van der Waals surface area contributed by atoms with E-state index >= 15 is 0 Å². The molecule has 84 valence electrons. The Hall–Kier alpha value is -0.380. The number of ether oxygens (including phenoxy) is 1. The fourth-order valence-corrected chi connectivity index (χ4v) is 2.30. The van der Waals surface area contributed by atoms with Gasteiger partial charge in [0.05, 0.1) is 12.1 Å². The zero-order chi connectivity index (χ0) is 11.3. The topological polar surface area (TPSA) is 21.3 Å². The molecule has 0 aliphatic carbocycles. The molecule has 0 aliphatic rings. The Balaban J connectivity index is 2.52. The molecule has 0 saturated carbocycles. The monoisotopic (exact) mass is 245 g/mol. The zero-order valence-corrected chi connectivity index (χ0v) is 10.8. The third-order valence-corrected chi connectivity index (χ3v) is 3.05. The van der Waals surface area contributed by atoms with E-state index < -0.39 is 0 Å². The van der Waals surface area contributed by atoms with Gasteiger partial charge in [0.15, 0.2) is 0 Å². The number of thioether (sulfide) groups is 1. The molecule has 0 amide bonds. The minimum atomic E-state index is 0.506. The second-order valence-electron chi connectivity index (χ2n) is 3.44. The van der Waals surface area contributed by atoms with Crippen LogP contribution in [-0.2, 0) is 0 Å². The van der Waals surface area contributed by atoms with Crippen LogP contribution < -0.4 is 10.1 Å². The fraction of sp³-hybridized carbons (Fsp3) is 0.455. The average Bonchev–Trinajstić information content (AvgIpc) is 2.17. The van der Waals surface area contributed by atoms with Crippen LogP contribution in [0.15, 0.2) is 23.1 Å². The van der Waals surface area contributed by atoms with Crippen molar-refractivity contribution in [2.24, 2.45) is 0 Å². The summed E-state index contributed by atoms with van der Waals surface area (Å²) in [6.07, 6.45) is 0. The number of hydrogen-bond acceptors (Lipinski definition) is 3. The lowest BCUT2D eigenvalue weighted by Crippen LogP contribution is -2.21. The SMILES string of the molecule is COc1ccc(SCNC(C)C)cc1Cl. The van der Waals surface area contributed by atoms with Crippen molar-refractivity contribution in [3.8, 4) is 5.75 Å². The first-order valence-electron chi connectivity index (χ1n) is 4.83. The van der Waals surface area contributed by atoms with Crippen LogP contribution in [-0.4, -0.2) is 19.0 Å². The molecule has 0 unspecified atom stereocenters. The number of nitrogens with one attached hydrogen (secondary N) is 1. The number of benzene rings is 1. The van der Waals surface area contributed by atoms with Crippen LogP contribution in [0, 0.1) is 0 Å². The summed E-state index contributed by atoms with van der Waals surface area (Å²) in [4.78, 5) is 1.15. The van der Waals surface area contributed by atoms with Crippen LogP contribution >= 0.6 is 23.4 Å². The maximum Gasteiger partial charge on any atom is 0.137 e. The molecule has 15 heavy (non-hydrogen) atoms. The van der Waals surface area contributed by atoms with Gasteiger partial charge in [0.25, 0.3) is 0 Å². The molecule has 1 N–H and O–H groups in total. The summed E-state index contributed by atoms with van der Waals surface area (Å²) in [7, 11) is 1.62. The summed E-state index contributed by atoms with van der Waals surface area (Å²) in [6, 6.07) is 6.33. The maximum atomic E-state index is 6.01. The third kappa shape index (κ3) is 4.33. The highest BCUT2D eigenvalue weighted by Gasteiger charge is 2.02. The Kier molecular flexibility index (Phi) is 5.29. The molecule has 0 aromatic heterocycles. The lowest BCUT2D eigenvalue weighted by atomic mass is 10.3. The molecule has 1 aromatic carbocycles. The van der Waals surface area contributed by atoms with Crippen molar-refractivity contribution in [1.29, 1.82) is 0 Å². The summed E-state index contributed by atoms with van der Waals surface area (Å²) < 4.78 is 5.09. The molecule has 0 bridgehead atoms. The van der Waals surface area contributed by atoms with Gasteiger partial charge in [0.2, 0.25) is 0 Å². The second-order valence-corrected chi connectivity index (χ2v) is 4.90. The maximum absolute atomic E-state index is 6.01. The summed E-state index contributed by atoms with van der Waals surface area (Å²) in [5.41, 5.74) is 0. The van der Waals surface area contributed by atoms with Crippen molar-refractivity contribution in [2.75, 3.05) is 13.0 Å². The normalized spacial score (nSPS) is 10.7. The predicted molar refractivity (Wildman–Crippen MR) is 67.0 cm³/mol. The van der Waals surface area contributed by atoms with Crippen LogP contribution in [0.25, 0.3) is 0 Å². The molecule has 4 heteroatoms. The van der Waals surface area contributed by atoms with Crippen molar-refractivity contribution in [1.82, 2.24) is 5.32 Å². The fourth-order valence-electron chi connectivity index (χ4n) is 1.03. The summed E-state index contributed by atoms with van der Waals surface area (Å²) in [5.74, 6) is 1.61. The lowest BCUT2D eigenvalue weighted by molar-refractivity contribution is 0.414. The summed E-state index contributed by atoms with van der Waals surface area (Å²) in [5, 5.41) is 3.99. The van der Waals surface area contributed by atoms with Crippen LogP contribution in [0.4, 0.5) is 0 Å². The highest BCUT2D eigenvalue weighted by Crippen LogP contribution is 2.29. The van der Waals surface area contributed by atoms with E-state index in [4.69, 9.17) is 16.3 Å². The van der Waals surface area contributed by atoms with Crippen molar-refractivity contribution in [3.63, 3.8) is 0 Å². The smallest absolute Gasteiger partial charge is 0.137 e.